The number of carbonyl (C=O) groups excluding carboxylic acids is 2. The summed E-state index contributed by atoms with van der Waals surface area (Å²) in [6.45, 7) is 19.0. The van der Waals surface area contributed by atoms with Crippen LogP contribution in [-0.4, -0.2) is 24.9 Å². The zero-order valence-electron chi connectivity index (χ0n) is 15.2. The van der Waals surface area contributed by atoms with Crippen LogP contribution in [0.3, 0.4) is 0 Å². The molecule has 1 atom stereocenters. The third-order valence-electron chi connectivity index (χ3n) is 2.11. The molecular formula is C16H33N2NaO2. The Balaban J connectivity index is -0.000000212. The Morgan fingerprint density at radius 3 is 1.71 bits per heavy atom. The second-order valence-electron chi connectivity index (χ2n) is 5.21. The predicted molar refractivity (Wildman–Crippen MR) is 86.2 cm³/mol. The first-order valence-electron chi connectivity index (χ1n) is 7.21. The molecule has 0 saturated carbocycles. The van der Waals surface area contributed by atoms with E-state index in [0.29, 0.717) is 12.3 Å². The largest absolute Gasteiger partial charge is 1.00 e. The Morgan fingerprint density at radius 2 is 1.48 bits per heavy atom. The molecule has 0 aliphatic rings. The van der Waals surface area contributed by atoms with Crippen molar-refractivity contribution < 1.29 is 39.1 Å². The van der Waals surface area contributed by atoms with Gasteiger partial charge in [0.1, 0.15) is 6.04 Å². The summed E-state index contributed by atoms with van der Waals surface area (Å²) in [5.74, 6) is 0.206. The van der Waals surface area contributed by atoms with E-state index < -0.39 is 6.04 Å². The van der Waals surface area contributed by atoms with Crippen LogP contribution in [0.5, 0.6) is 0 Å². The van der Waals surface area contributed by atoms with Crippen LogP contribution in [0, 0.1) is 18.4 Å². The Hall–Kier alpha value is -0.320. The van der Waals surface area contributed by atoms with E-state index in [9.17, 15) is 9.59 Å². The van der Waals surface area contributed by atoms with Crippen LogP contribution in [0.1, 0.15) is 54.4 Å². The minimum Gasteiger partial charge on any atom is -0.521 e. The first-order valence-corrected chi connectivity index (χ1v) is 7.21. The molecule has 0 heterocycles. The maximum Gasteiger partial charge on any atom is 1.00 e. The molecule has 2 N–H and O–H groups in total. The van der Waals surface area contributed by atoms with E-state index in [1.165, 1.54) is 6.42 Å². The van der Waals surface area contributed by atoms with E-state index in [0.717, 1.165) is 0 Å². The average molecular weight is 308 g/mol. The van der Waals surface area contributed by atoms with E-state index in [1.54, 1.807) is 7.05 Å². The minimum absolute atomic E-state index is 0. The van der Waals surface area contributed by atoms with Crippen LogP contribution in [0.25, 0.3) is 0 Å². The second-order valence-corrected chi connectivity index (χ2v) is 5.21. The molecule has 0 bridgehead atoms. The van der Waals surface area contributed by atoms with Crippen molar-refractivity contribution in [2.45, 2.75) is 60.4 Å². The van der Waals surface area contributed by atoms with Gasteiger partial charge in [0, 0.05) is 13.5 Å². The predicted octanol–water partition coefficient (Wildman–Crippen LogP) is -0.0550. The van der Waals surface area contributed by atoms with Crippen molar-refractivity contribution in [2.75, 3.05) is 7.05 Å². The quantitative estimate of drug-likeness (QED) is 0.552. The summed E-state index contributed by atoms with van der Waals surface area (Å²) in [4.78, 5) is 22.9. The van der Waals surface area contributed by atoms with Gasteiger partial charge in [0.15, 0.2) is 0 Å². The van der Waals surface area contributed by atoms with Crippen LogP contribution in [0.4, 0.5) is 0 Å². The molecule has 120 valence electrons. The Bertz CT molecular complexity index is 257. The van der Waals surface area contributed by atoms with Crippen molar-refractivity contribution in [2.24, 2.45) is 11.8 Å². The van der Waals surface area contributed by atoms with E-state index in [2.05, 4.69) is 37.6 Å². The van der Waals surface area contributed by atoms with Gasteiger partial charge in [-0.3, -0.25) is 16.2 Å². The molecule has 0 radical (unpaired) electrons. The van der Waals surface area contributed by atoms with Crippen LogP contribution >= 0.6 is 0 Å². The Morgan fingerprint density at radius 1 is 1.10 bits per heavy atom. The van der Waals surface area contributed by atoms with Crippen LogP contribution in [-0.2, 0) is 9.59 Å². The van der Waals surface area contributed by atoms with E-state index in [1.807, 2.05) is 27.7 Å². The zero-order valence-corrected chi connectivity index (χ0v) is 17.2. The maximum atomic E-state index is 11.5. The summed E-state index contributed by atoms with van der Waals surface area (Å²) >= 11 is 0. The van der Waals surface area contributed by atoms with Gasteiger partial charge >= 0.3 is 29.6 Å². The van der Waals surface area contributed by atoms with Crippen molar-refractivity contribution in [3.63, 3.8) is 0 Å². The standard InChI is InChI=1S/C11H22N2O2.C3H8.C2H3.Na/c1-7(2)6-9(14)13-10(8(3)4)11(15)12-5;1-3-2;1-2;/h7-8,10H,6H2,1-5H3,(H,12,15)(H,13,14);3H2,1-2H3;1H,2H2;/q;;-1;+1. The number of hydrogen-bond donors (Lipinski definition) is 2. The molecule has 0 saturated heterocycles. The third kappa shape index (κ3) is 19.7. The molecule has 0 aromatic rings. The van der Waals surface area contributed by atoms with Crippen molar-refractivity contribution >= 4 is 11.8 Å². The molecule has 0 rings (SSSR count). The molecule has 21 heavy (non-hydrogen) atoms. The van der Waals surface area contributed by atoms with Gasteiger partial charge in [0.25, 0.3) is 0 Å². The molecule has 0 aromatic carbocycles. The molecule has 5 heteroatoms. The second kappa shape index (κ2) is 19.7. The summed E-state index contributed by atoms with van der Waals surface area (Å²) in [5.41, 5.74) is 0. The molecule has 1 unspecified atom stereocenters. The van der Waals surface area contributed by atoms with Crippen molar-refractivity contribution in [1.29, 1.82) is 0 Å². The number of rotatable bonds is 5. The number of carbonyl (C=O) groups is 2. The average Bonchev–Trinajstić information content (AvgIpc) is 2.37. The summed E-state index contributed by atoms with van der Waals surface area (Å²) < 4.78 is 0. The fourth-order valence-electron chi connectivity index (χ4n) is 1.29. The number of nitrogens with one attached hydrogen (secondary N) is 2. The van der Waals surface area contributed by atoms with Crippen molar-refractivity contribution in [3.05, 3.63) is 13.2 Å². The molecule has 2 amide bonds. The van der Waals surface area contributed by atoms with Gasteiger partial charge < -0.3 is 17.2 Å². The first-order chi connectivity index (χ1) is 9.29. The Kier molecular flexibility index (Phi) is 27.0. The topological polar surface area (TPSA) is 58.2 Å². The molecule has 0 aromatic heterocycles. The van der Waals surface area contributed by atoms with Gasteiger partial charge in [-0.15, -0.1) is 0 Å². The van der Waals surface area contributed by atoms with Crippen LogP contribution < -0.4 is 40.2 Å². The minimum atomic E-state index is -0.429. The molecular weight excluding hydrogens is 275 g/mol. The molecule has 0 aliphatic carbocycles. The summed E-state index contributed by atoms with van der Waals surface area (Å²) in [7, 11) is 1.58. The van der Waals surface area contributed by atoms with E-state index in [-0.39, 0.29) is 47.3 Å². The normalized spacial score (nSPS) is 10.1. The third-order valence-corrected chi connectivity index (χ3v) is 2.11. The van der Waals surface area contributed by atoms with Gasteiger partial charge in [-0.25, -0.2) is 0 Å². The van der Waals surface area contributed by atoms with Gasteiger partial charge in [-0.05, 0) is 11.8 Å². The van der Waals surface area contributed by atoms with Crippen molar-refractivity contribution in [3.8, 4) is 0 Å². The smallest absolute Gasteiger partial charge is 0.521 e. The SMILES string of the molecule is CCC.CNC(=O)C(NC(=O)CC(C)C)C(C)C.[CH-]=C.[Na+]. The maximum absolute atomic E-state index is 11.5. The van der Waals surface area contributed by atoms with Crippen LogP contribution in [0.2, 0.25) is 0 Å². The number of amides is 2. The zero-order chi connectivity index (χ0) is 16.7. The monoisotopic (exact) mass is 308 g/mol. The molecule has 0 spiro atoms. The molecule has 0 fully saturated rings. The molecule has 4 nitrogen and oxygen atoms in total. The van der Waals surface area contributed by atoms with E-state index >= 15 is 0 Å². The van der Waals surface area contributed by atoms with Gasteiger partial charge in [0.2, 0.25) is 11.8 Å². The van der Waals surface area contributed by atoms with Crippen molar-refractivity contribution in [1.82, 2.24) is 10.6 Å². The fraction of sp³-hybridized carbons (Fsp3) is 0.750. The summed E-state index contributed by atoms with van der Waals surface area (Å²) in [6.07, 6.45) is 1.71. The summed E-state index contributed by atoms with van der Waals surface area (Å²) in [5, 5.41) is 5.30. The Labute approximate surface area is 153 Å². The van der Waals surface area contributed by atoms with Gasteiger partial charge in [0.05, 0.1) is 0 Å². The van der Waals surface area contributed by atoms with Gasteiger partial charge in [-0.2, -0.15) is 0 Å². The van der Waals surface area contributed by atoms with Crippen LogP contribution in [0.15, 0.2) is 6.58 Å². The first kappa shape index (κ1) is 28.8. The number of likely N-dealkylation sites (N-methyl/N-ethyl adjacent to an activating group) is 1. The number of hydrogen-bond acceptors (Lipinski definition) is 2. The molecule has 0 aliphatic heterocycles. The fourth-order valence-corrected chi connectivity index (χ4v) is 1.29. The van der Waals surface area contributed by atoms with Gasteiger partial charge in [-0.1, -0.05) is 48.0 Å². The summed E-state index contributed by atoms with van der Waals surface area (Å²) in [6, 6.07) is -0.429. The van der Waals surface area contributed by atoms with E-state index in [4.69, 9.17) is 0 Å².